The Kier molecular flexibility index (Phi) is 3.14. The van der Waals surface area contributed by atoms with Crippen molar-refractivity contribution >= 4 is 5.95 Å². The maximum atomic E-state index is 5.16. The lowest BCUT2D eigenvalue weighted by Crippen LogP contribution is -2.05. The SMILES string of the molecule is c1cncc(CONc2ncncn2)c1. The van der Waals surface area contributed by atoms with Gasteiger partial charge in [0.05, 0.1) is 0 Å². The van der Waals surface area contributed by atoms with Crippen LogP contribution in [-0.2, 0) is 11.4 Å². The molecule has 0 atom stereocenters. The predicted octanol–water partition coefficient (Wildman–Crippen LogP) is 0.810. The molecule has 6 heteroatoms. The monoisotopic (exact) mass is 203 g/mol. The van der Waals surface area contributed by atoms with Gasteiger partial charge in [-0.15, -0.1) is 0 Å². The molecule has 0 saturated carbocycles. The Morgan fingerprint density at radius 1 is 1.20 bits per heavy atom. The van der Waals surface area contributed by atoms with Crippen LogP contribution in [0.5, 0.6) is 0 Å². The lowest BCUT2D eigenvalue weighted by molar-refractivity contribution is 0.177. The third kappa shape index (κ3) is 2.96. The molecular formula is C9H9N5O. The molecule has 0 aliphatic rings. The van der Waals surface area contributed by atoms with Gasteiger partial charge in [0, 0.05) is 12.4 Å². The summed E-state index contributed by atoms with van der Waals surface area (Å²) in [7, 11) is 0. The van der Waals surface area contributed by atoms with Gasteiger partial charge < -0.3 is 0 Å². The third-order valence-corrected chi connectivity index (χ3v) is 1.62. The molecule has 2 rings (SSSR count). The summed E-state index contributed by atoms with van der Waals surface area (Å²) in [6.07, 6.45) is 6.23. The summed E-state index contributed by atoms with van der Waals surface area (Å²) in [6.45, 7) is 0.402. The van der Waals surface area contributed by atoms with Crippen LogP contribution in [0.4, 0.5) is 5.95 Å². The molecule has 0 aromatic carbocycles. The minimum atomic E-state index is 0.383. The molecule has 6 nitrogen and oxygen atoms in total. The Bertz CT molecular complexity index is 354. The molecule has 0 saturated heterocycles. The number of nitrogens with zero attached hydrogens (tertiary/aromatic N) is 4. The average Bonchev–Trinajstić information content (AvgIpc) is 2.32. The molecule has 76 valence electrons. The van der Waals surface area contributed by atoms with E-state index in [0.717, 1.165) is 5.56 Å². The highest BCUT2D eigenvalue weighted by Crippen LogP contribution is 1.99. The number of hydrogen-bond donors (Lipinski definition) is 1. The topological polar surface area (TPSA) is 72.8 Å². The normalized spacial score (nSPS) is 9.87. The van der Waals surface area contributed by atoms with Crippen LogP contribution in [0.25, 0.3) is 0 Å². The molecule has 0 aliphatic heterocycles. The van der Waals surface area contributed by atoms with Crippen LogP contribution in [0, 0.1) is 0 Å². The number of hydrogen-bond acceptors (Lipinski definition) is 6. The van der Waals surface area contributed by atoms with E-state index in [-0.39, 0.29) is 0 Å². The highest BCUT2D eigenvalue weighted by atomic mass is 16.6. The van der Waals surface area contributed by atoms with Crippen molar-refractivity contribution < 1.29 is 4.84 Å². The lowest BCUT2D eigenvalue weighted by Gasteiger charge is -2.03. The first kappa shape index (κ1) is 9.47. The van der Waals surface area contributed by atoms with Crippen LogP contribution >= 0.6 is 0 Å². The minimum Gasteiger partial charge on any atom is -0.269 e. The predicted molar refractivity (Wildman–Crippen MR) is 52.5 cm³/mol. The van der Waals surface area contributed by atoms with Crippen molar-refractivity contribution in [1.29, 1.82) is 0 Å². The largest absolute Gasteiger partial charge is 0.269 e. The molecule has 1 N–H and O–H groups in total. The number of anilines is 1. The first-order valence-electron chi connectivity index (χ1n) is 4.34. The highest BCUT2D eigenvalue weighted by molar-refractivity contribution is 5.16. The molecule has 0 fully saturated rings. The Morgan fingerprint density at radius 3 is 2.80 bits per heavy atom. The van der Waals surface area contributed by atoms with E-state index in [1.807, 2.05) is 12.1 Å². The maximum Gasteiger partial charge on any atom is 0.250 e. The molecule has 0 spiro atoms. The third-order valence-electron chi connectivity index (χ3n) is 1.62. The van der Waals surface area contributed by atoms with Crippen LogP contribution in [0.1, 0.15) is 5.56 Å². The Hall–Kier alpha value is -2.08. The quantitative estimate of drug-likeness (QED) is 0.741. The zero-order valence-corrected chi connectivity index (χ0v) is 7.87. The van der Waals surface area contributed by atoms with E-state index < -0.39 is 0 Å². The van der Waals surface area contributed by atoms with Gasteiger partial charge in [-0.25, -0.2) is 10.5 Å². The Labute approximate surface area is 86.3 Å². The number of aromatic nitrogens is 4. The van der Waals surface area contributed by atoms with Crippen molar-refractivity contribution in [3.8, 4) is 0 Å². The van der Waals surface area contributed by atoms with Gasteiger partial charge in [-0.05, 0) is 11.6 Å². The molecule has 0 amide bonds. The summed E-state index contributed by atoms with van der Waals surface area (Å²) >= 11 is 0. The molecule has 0 bridgehead atoms. The molecule has 2 aromatic rings. The van der Waals surface area contributed by atoms with Crippen LogP contribution < -0.4 is 5.48 Å². The summed E-state index contributed by atoms with van der Waals surface area (Å²) in [4.78, 5) is 20.5. The Balaban J connectivity index is 1.81. The van der Waals surface area contributed by atoms with Crippen molar-refractivity contribution in [3.63, 3.8) is 0 Å². The van der Waals surface area contributed by atoms with Crippen LogP contribution in [0.3, 0.4) is 0 Å². The zero-order valence-electron chi connectivity index (χ0n) is 7.87. The van der Waals surface area contributed by atoms with E-state index in [0.29, 0.717) is 12.6 Å². The Morgan fingerprint density at radius 2 is 2.07 bits per heavy atom. The minimum absolute atomic E-state index is 0.383. The summed E-state index contributed by atoms with van der Waals surface area (Å²) in [5, 5.41) is 0. The van der Waals surface area contributed by atoms with Gasteiger partial charge in [0.25, 0.3) is 0 Å². The van der Waals surface area contributed by atoms with Gasteiger partial charge in [0.1, 0.15) is 19.3 Å². The standard InChI is InChI=1S/C9H9N5O/c1-2-8(4-10-3-1)5-15-14-9-12-6-11-7-13-9/h1-4,6-7H,5H2,(H,11,12,13,14). The van der Waals surface area contributed by atoms with Gasteiger partial charge in [-0.2, -0.15) is 9.97 Å². The van der Waals surface area contributed by atoms with E-state index in [1.165, 1.54) is 12.7 Å². The molecule has 0 unspecified atom stereocenters. The zero-order chi connectivity index (χ0) is 10.3. The van der Waals surface area contributed by atoms with E-state index in [9.17, 15) is 0 Å². The number of nitrogens with one attached hydrogen (secondary N) is 1. The molecule has 0 aliphatic carbocycles. The molecule has 15 heavy (non-hydrogen) atoms. The number of pyridine rings is 1. The fourth-order valence-electron chi connectivity index (χ4n) is 0.959. The van der Waals surface area contributed by atoms with Gasteiger partial charge in [-0.3, -0.25) is 9.82 Å². The summed E-state index contributed by atoms with van der Waals surface area (Å²) in [6, 6.07) is 3.77. The fraction of sp³-hybridized carbons (Fsp3) is 0.111. The van der Waals surface area contributed by atoms with Crippen molar-refractivity contribution in [2.45, 2.75) is 6.61 Å². The van der Waals surface area contributed by atoms with Crippen molar-refractivity contribution in [1.82, 2.24) is 19.9 Å². The highest BCUT2D eigenvalue weighted by Gasteiger charge is 1.94. The van der Waals surface area contributed by atoms with Crippen molar-refractivity contribution in [2.75, 3.05) is 5.48 Å². The summed E-state index contributed by atoms with van der Waals surface area (Å²) in [5.74, 6) is 0.383. The van der Waals surface area contributed by atoms with Crippen LogP contribution in [0.15, 0.2) is 37.2 Å². The van der Waals surface area contributed by atoms with Crippen LogP contribution in [-0.4, -0.2) is 19.9 Å². The van der Waals surface area contributed by atoms with Gasteiger partial charge in [-0.1, -0.05) is 6.07 Å². The summed E-state index contributed by atoms with van der Waals surface area (Å²) in [5.41, 5.74) is 3.57. The van der Waals surface area contributed by atoms with E-state index in [4.69, 9.17) is 4.84 Å². The number of rotatable bonds is 4. The second kappa shape index (κ2) is 4.97. The molecule has 2 heterocycles. The second-order valence-electron chi connectivity index (χ2n) is 2.71. The first-order valence-corrected chi connectivity index (χ1v) is 4.34. The first-order chi connectivity index (χ1) is 7.45. The van der Waals surface area contributed by atoms with E-state index in [1.54, 1.807) is 12.4 Å². The molecular weight excluding hydrogens is 194 g/mol. The summed E-state index contributed by atoms with van der Waals surface area (Å²) < 4.78 is 0. The average molecular weight is 203 g/mol. The maximum absolute atomic E-state index is 5.16. The van der Waals surface area contributed by atoms with Crippen molar-refractivity contribution in [2.24, 2.45) is 0 Å². The van der Waals surface area contributed by atoms with Gasteiger partial charge in [0.2, 0.25) is 5.95 Å². The van der Waals surface area contributed by atoms with Crippen LogP contribution in [0.2, 0.25) is 0 Å². The molecule has 0 radical (unpaired) electrons. The second-order valence-corrected chi connectivity index (χ2v) is 2.71. The lowest BCUT2D eigenvalue weighted by atomic mass is 10.3. The van der Waals surface area contributed by atoms with Crippen molar-refractivity contribution in [3.05, 3.63) is 42.7 Å². The smallest absolute Gasteiger partial charge is 0.250 e. The fourth-order valence-corrected chi connectivity index (χ4v) is 0.959. The van der Waals surface area contributed by atoms with E-state index >= 15 is 0 Å². The van der Waals surface area contributed by atoms with Gasteiger partial charge in [0.15, 0.2) is 0 Å². The van der Waals surface area contributed by atoms with Gasteiger partial charge >= 0.3 is 0 Å². The molecule has 2 aromatic heterocycles. The van der Waals surface area contributed by atoms with E-state index in [2.05, 4.69) is 25.4 Å².